The SMILES string of the molecule is CCC(CS(=O)(=O)C(C)C)N1C(=O)[C@H](CC(=O)O)O[C@H](c2cc(F)cc(Cl)c2)C1c1ccc(Cl)cc1. The summed E-state index contributed by atoms with van der Waals surface area (Å²) in [7, 11) is -3.58. The maximum Gasteiger partial charge on any atom is 0.306 e. The van der Waals surface area contributed by atoms with Crippen LogP contribution in [0.25, 0.3) is 0 Å². The number of ether oxygens (including phenoxy) is 1. The number of carbonyl (C=O) groups excluding carboxylic acids is 1. The Morgan fingerprint density at radius 1 is 1.11 bits per heavy atom. The Balaban J connectivity index is 2.23. The van der Waals surface area contributed by atoms with Crippen LogP contribution in [0.3, 0.4) is 0 Å². The lowest BCUT2D eigenvalue weighted by Gasteiger charge is -2.48. The molecular weight excluding hydrogens is 532 g/mol. The standard InChI is InChI=1S/C25H28Cl2FNO6S/c1-4-20(13-36(33,34)14(2)3)29-23(15-5-7-17(26)8-6-15)24(16-9-18(27)11-19(28)10-16)35-21(25(29)32)12-22(30)31/h5-11,14,20-21,23-24H,4,12-13H2,1-3H3,(H,30,31)/t20?,21-,23?,24+/m0/s1. The van der Waals surface area contributed by atoms with E-state index in [2.05, 4.69) is 0 Å². The van der Waals surface area contributed by atoms with Gasteiger partial charge in [0.15, 0.2) is 9.84 Å². The van der Waals surface area contributed by atoms with Crippen molar-refractivity contribution in [1.29, 1.82) is 0 Å². The van der Waals surface area contributed by atoms with E-state index in [-0.39, 0.29) is 22.8 Å². The van der Waals surface area contributed by atoms with Gasteiger partial charge in [0.2, 0.25) is 0 Å². The van der Waals surface area contributed by atoms with Crippen molar-refractivity contribution in [2.75, 3.05) is 5.75 Å². The molecule has 0 aliphatic carbocycles. The molecule has 0 radical (unpaired) electrons. The van der Waals surface area contributed by atoms with E-state index in [0.29, 0.717) is 10.6 Å². The number of carbonyl (C=O) groups is 2. The number of benzene rings is 2. The average molecular weight is 560 g/mol. The van der Waals surface area contributed by atoms with Gasteiger partial charge in [-0.15, -0.1) is 0 Å². The number of hydrogen-bond acceptors (Lipinski definition) is 5. The Morgan fingerprint density at radius 3 is 2.28 bits per heavy atom. The predicted molar refractivity (Wildman–Crippen MR) is 135 cm³/mol. The molecule has 0 aromatic heterocycles. The molecule has 0 bridgehead atoms. The predicted octanol–water partition coefficient (Wildman–Crippen LogP) is 5.22. The first-order valence-electron chi connectivity index (χ1n) is 11.5. The van der Waals surface area contributed by atoms with Crippen LogP contribution in [0.1, 0.15) is 56.9 Å². The summed E-state index contributed by atoms with van der Waals surface area (Å²) in [5.74, 6) is -2.88. The summed E-state index contributed by atoms with van der Waals surface area (Å²) in [5, 5.41) is 9.30. The Kier molecular flexibility index (Phi) is 9.03. The van der Waals surface area contributed by atoms with E-state index < -0.39 is 63.5 Å². The average Bonchev–Trinajstić information content (AvgIpc) is 2.78. The van der Waals surface area contributed by atoms with Gasteiger partial charge < -0.3 is 14.7 Å². The van der Waals surface area contributed by atoms with Crippen LogP contribution in [0, 0.1) is 5.82 Å². The second kappa shape index (κ2) is 11.5. The highest BCUT2D eigenvalue weighted by Gasteiger charge is 2.48. The molecule has 1 fully saturated rings. The lowest BCUT2D eigenvalue weighted by Crippen LogP contribution is -2.56. The third-order valence-electron chi connectivity index (χ3n) is 6.22. The molecule has 36 heavy (non-hydrogen) atoms. The van der Waals surface area contributed by atoms with Gasteiger partial charge in [-0.2, -0.15) is 0 Å². The van der Waals surface area contributed by atoms with Crippen LogP contribution in [0.15, 0.2) is 42.5 Å². The molecule has 2 unspecified atom stereocenters. The van der Waals surface area contributed by atoms with Crippen molar-refractivity contribution in [3.8, 4) is 0 Å². The van der Waals surface area contributed by atoms with E-state index in [9.17, 15) is 27.5 Å². The van der Waals surface area contributed by atoms with Crippen LogP contribution in [-0.4, -0.2) is 53.4 Å². The first-order valence-corrected chi connectivity index (χ1v) is 13.9. The summed E-state index contributed by atoms with van der Waals surface area (Å²) in [6.45, 7) is 4.87. The van der Waals surface area contributed by atoms with E-state index in [1.54, 1.807) is 45.0 Å². The first kappa shape index (κ1) is 28.4. The minimum absolute atomic E-state index is 0.0936. The highest BCUT2D eigenvalue weighted by molar-refractivity contribution is 7.92. The zero-order valence-corrected chi connectivity index (χ0v) is 22.4. The zero-order chi connectivity index (χ0) is 26.8. The number of sulfone groups is 1. The van der Waals surface area contributed by atoms with Gasteiger partial charge in [-0.05, 0) is 61.7 Å². The number of amides is 1. The first-order chi connectivity index (χ1) is 16.8. The molecule has 196 valence electrons. The van der Waals surface area contributed by atoms with Crippen LogP contribution >= 0.6 is 23.2 Å². The quantitative estimate of drug-likeness (QED) is 0.452. The third-order valence-corrected chi connectivity index (χ3v) is 8.98. The topological polar surface area (TPSA) is 101 Å². The van der Waals surface area contributed by atoms with Gasteiger partial charge in [0, 0.05) is 16.1 Å². The molecule has 11 heteroatoms. The Labute approximate surface area is 220 Å². The summed E-state index contributed by atoms with van der Waals surface area (Å²) in [5.41, 5.74) is 0.849. The van der Waals surface area contributed by atoms with Crippen molar-refractivity contribution in [1.82, 2.24) is 4.90 Å². The minimum Gasteiger partial charge on any atom is -0.481 e. The van der Waals surface area contributed by atoms with Gasteiger partial charge >= 0.3 is 5.97 Å². The number of rotatable bonds is 9. The summed E-state index contributed by atoms with van der Waals surface area (Å²) in [4.78, 5) is 26.7. The van der Waals surface area contributed by atoms with Crippen molar-refractivity contribution in [3.05, 3.63) is 69.5 Å². The van der Waals surface area contributed by atoms with Gasteiger partial charge in [-0.3, -0.25) is 9.59 Å². The summed E-state index contributed by atoms with van der Waals surface area (Å²) >= 11 is 12.2. The third kappa shape index (κ3) is 6.37. The normalized spacial score (nSPS) is 21.6. The van der Waals surface area contributed by atoms with E-state index >= 15 is 0 Å². The smallest absolute Gasteiger partial charge is 0.306 e. The fraction of sp³-hybridized carbons (Fsp3) is 0.440. The summed E-state index contributed by atoms with van der Waals surface area (Å²) < 4.78 is 46.2. The van der Waals surface area contributed by atoms with Gasteiger partial charge in [-0.25, -0.2) is 12.8 Å². The largest absolute Gasteiger partial charge is 0.481 e. The van der Waals surface area contributed by atoms with Crippen molar-refractivity contribution in [3.63, 3.8) is 0 Å². The monoisotopic (exact) mass is 559 g/mol. The van der Waals surface area contributed by atoms with Gasteiger partial charge in [-0.1, -0.05) is 42.3 Å². The molecular formula is C25H28Cl2FNO6S. The lowest BCUT2D eigenvalue weighted by atomic mass is 9.89. The molecule has 0 saturated carbocycles. The van der Waals surface area contributed by atoms with E-state index in [1.165, 1.54) is 17.0 Å². The van der Waals surface area contributed by atoms with Crippen LogP contribution < -0.4 is 0 Å². The number of aliphatic carboxylic acids is 1. The summed E-state index contributed by atoms with van der Waals surface area (Å²) in [6.07, 6.45) is -2.81. The maximum atomic E-state index is 14.4. The molecule has 2 aromatic rings. The fourth-order valence-corrected chi connectivity index (χ4v) is 5.98. The number of carboxylic acids is 1. The molecule has 4 atom stereocenters. The Hall–Kier alpha value is -2.20. The van der Waals surface area contributed by atoms with Gasteiger partial charge in [0.1, 0.15) is 18.0 Å². The molecule has 7 nitrogen and oxygen atoms in total. The van der Waals surface area contributed by atoms with Crippen LogP contribution in [0.4, 0.5) is 4.39 Å². The molecule has 2 aromatic carbocycles. The maximum absolute atomic E-state index is 14.4. The van der Waals surface area contributed by atoms with E-state index in [0.717, 1.165) is 6.07 Å². The molecule has 1 saturated heterocycles. The molecule has 1 aliphatic rings. The molecule has 1 N–H and O–H groups in total. The number of carboxylic acid groups (broad SMARTS) is 1. The van der Waals surface area contributed by atoms with E-state index in [4.69, 9.17) is 27.9 Å². The van der Waals surface area contributed by atoms with Gasteiger partial charge in [0.05, 0.1) is 23.5 Å². The van der Waals surface area contributed by atoms with Crippen LogP contribution in [-0.2, 0) is 24.2 Å². The van der Waals surface area contributed by atoms with Gasteiger partial charge in [0.25, 0.3) is 5.91 Å². The van der Waals surface area contributed by atoms with Crippen molar-refractivity contribution < 1.29 is 32.2 Å². The molecule has 1 heterocycles. The molecule has 1 amide bonds. The van der Waals surface area contributed by atoms with Crippen molar-refractivity contribution in [2.45, 2.75) is 63.2 Å². The highest BCUT2D eigenvalue weighted by atomic mass is 35.5. The van der Waals surface area contributed by atoms with Crippen molar-refractivity contribution >= 4 is 44.9 Å². The lowest BCUT2D eigenvalue weighted by molar-refractivity contribution is -0.182. The zero-order valence-electron chi connectivity index (χ0n) is 20.0. The highest BCUT2D eigenvalue weighted by Crippen LogP contribution is 2.45. The second-order valence-corrected chi connectivity index (χ2v) is 12.5. The van der Waals surface area contributed by atoms with Crippen LogP contribution in [0.2, 0.25) is 10.0 Å². The fourth-order valence-electron chi connectivity index (χ4n) is 4.31. The number of halogens is 3. The van der Waals surface area contributed by atoms with Crippen molar-refractivity contribution in [2.24, 2.45) is 0 Å². The Bertz CT molecular complexity index is 1200. The number of nitrogens with zero attached hydrogens (tertiary/aromatic N) is 1. The molecule has 1 aliphatic heterocycles. The second-order valence-electron chi connectivity index (χ2n) is 9.03. The number of morpholine rings is 1. The minimum atomic E-state index is -3.58. The number of hydrogen-bond donors (Lipinski definition) is 1. The summed E-state index contributed by atoms with van der Waals surface area (Å²) in [6, 6.07) is 8.69. The van der Waals surface area contributed by atoms with Crippen LogP contribution in [0.5, 0.6) is 0 Å². The molecule has 3 rings (SSSR count). The molecule has 0 spiro atoms. The Morgan fingerprint density at radius 2 is 1.75 bits per heavy atom. The van der Waals surface area contributed by atoms with E-state index in [1.807, 2.05) is 0 Å².